The molecule has 0 atom stereocenters. The first kappa shape index (κ1) is 11.6. The minimum atomic E-state index is 0.471. The first-order valence-electron chi connectivity index (χ1n) is 5.12. The second-order valence-electron chi connectivity index (χ2n) is 4.03. The van der Waals surface area contributed by atoms with Crippen molar-refractivity contribution in [3.8, 4) is 0 Å². The van der Waals surface area contributed by atoms with Gasteiger partial charge in [-0.25, -0.2) is 0 Å². The first-order chi connectivity index (χ1) is 6.61. The molecule has 3 nitrogen and oxygen atoms in total. The van der Waals surface area contributed by atoms with Gasteiger partial charge in [0.15, 0.2) is 5.17 Å². The molecular formula is C10H19N3S. The van der Waals surface area contributed by atoms with Gasteiger partial charge in [-0.15, -0.1) is 5.10 Å². The van der Waals surface area contributed by atoms with Crippen molar-refractivity contribution in [1.29, 1.82) is 0 Å². The fourth-order valence-electron chi connectivity index (χ4n) is 1.20. The second kappa shape index (κ2) is 5.39. The van der Waals surface area contributed by atoms with Crippen LogP contribution in [0.15, 0.2) is 10.2 Å². The highest BCUT2D eigenvalue weighted by molar-refractivity contribution is 8.14. The Balaban J connectivity index is 2.57. The zero-order valence-corrected chi connectivity index (χ0v) is 10.2. The molecule has 0 spiro atoms. The molecule has 0 radical (unpaired) electrons. The summed E-state index contributed by atoms with van der Waals surface area (Å²) in [6.45, 7) is 9.68. The molecule has 0 aromatic rings. The molecule has 1 fully saturated rings. The highest BCUT2D eigenvalue weighted by Gasteiger charge is 2.21. The van der Waals surface area contributed by atoms with Gasteiger partial charge in [0, 0.05) is 24.6 Å². The van der Waals surface area contributed by atoms with Crippen LogP contribution in [-0.2, 0) is 0 Å². The third kappa shape index (κ3) is 3.33. The van der Waals surface area contributed by atoms with Crippen molar-refractivity contribution < 1.29 is 0 Å². The summed E-state index contributed by atoms with van der Waals surface area (Å²) in [5, 5.41) is 9.39. The molecule has 0 aromatic heterocycles. The number of amidine groups is 1. The molecule has 1 rings (SSSR count). The van der Waals surface area contributed by atoms with Crippen molar-refractivity contribution in [1.82, 2.24) is 4.90 Å². The molecule has 0 N–H and O–H groups in total. The van der Waals surface area contributed by atoms with Crippen LogP contribution in [0.1, 0.15) is 27.7 Å². The SMILES string of the molecule is CC(C)/C=N/N=C1\SCCN1C(C)C. The highest BCUT2D eigenvalue weighted by atomic mass is 32.2. The maximum atomic E-state index is 4.24. The third-order valence-electron chi connectivity index (χ3n) is 1.94. The Labute approximate surface area is 90.7 Å². The third-order valence-corrected chi connectivity index (χ3v) is 2.90. The van der Waals surface area contributed by atoms with Crippen LogP contribution in [0, 0.1) is 5.92 Å². The Morgan fingerprint density at radius 3 is 2.64 bits per heavy atom. The molecule has 80 valence electrons. The summed E-state index contributed by atoms with van der Waals surface area (Å²) in [6.07, 6.45) is 1.88. The standard InChI is InChI=1S/C10H19N3S/c1-8(2)7-11-12-10-13(9(3)4)5-6-14-10/h7-9H,5-6H2,1-4H3/b11-7+,12-10-. The highest BCUT2D eigenvalue weighted by Crippen LogP contribution is 2.20. The predicted octanol–water partition coefficient (Wildman–Crippen LogP) is 2.44. The molecular weight excluding hydrogens is 194 g/mol. The number of hydrogen-bond donors (Lipinski definition) is 0. The largest absolute Gasteiger partial charge is 0.347 e. The van der Waals surface area contributed by atoms with E-state index in [9.17, 15) is 0 Å². The molecule has 1 aliphatic rings. The van der Waals surface area contributed by atoms with E-state index in [4.69, 9.17) is 0 Å². The van der Waals surface area contributed by atoms with Gasteiger partial charge < -0.3 is 4.90 Å². The second-order valence-corrected chi connectivity index (χ2v) is 5.09. The van der Waals surface area contributed by atoms with Crippen LogP contribution in [0.25, 0.3) is 0 Å². The number of thioether (sulfide) groups is 1. The summed E-state index contributed by atoms with van der Waals surface area (Å²) in [6, 6.07) is 0.526. The lowest BCUT2D eigenvalue weighted by molar-refractivity contribution is 0.383. The molecule has 0 saturated carbocycles. The van der Waals surface area contributed by atoms with E-state index in [-0.39, 0.29) is 0 Å². The maximum Gasteiger partial charge on any atom is 0.186 e. The van der Waals surface area contributed by atoms with Gasteiger partial charge in [0.2, 0.25) is 0 Å². The van der Waals surface area contributed by atoms with E-state index >= 15 is 0 Å². The van der Waals surface area contributed by atoms with Gasteiger partial charge >= 0.3 is 0 Å². The Morgan fingerprint density at radius 2 is 2.07 bits per heavy atom. The fraction of sp³-hybridized carbons (Fsp3) is 0.800. The van der Waals surface area contributed by atoms with E-state index in [0.29, 0.717) is 12.0 Å². The summed E-state index contributed by atoms with van der Waals surface area (Å²) in [5.41, 5.74) is 0. The zero-order chi connectivity index (χ0) is 10.6. The Morgan fingerprint density at radius 1 is 1.36 bits per heavy atom. The van der Waals surface area contributed by atoms with Crippen LogP contribution >= 0.6 is 11.8 Å². The number of rotatable bonds is 3. The summed E-state index contributed by atoms with van der Waals surface area (Å²) in [4.78, 5) is 2.29. The van der Waals surface area contributed by atoms with E-state index in [0.717, 1.165) is 17.5 Å². The average molecular weight is 213 g/mol. The number of nitrogens with zero attached hydrogens (tertiary/aromatic N) is 3. The van der Waals surface area contributed by atoms with Gasteiger partial charge in [0.25, 0.3) is 0 Å². The van der Waals surface area contributed by atoms with Gasteiger partial charge in [-0.05, 0) is 19.8 Å². The van der Waals surface area contributed by atoms with Crippen LogP contribution in [0.4, 0.5) is 0 Å². The molecule has 1 saturated heterocycles. The van der Waals surface area contributed by atoms with Gasteiger partial charge in [-0.2, -0.15) is 5.10 Å². The Hall–Kier alpha value is -0.510. The molecule has 0 aromatic carbocycles. The Kier molecular flexibility index (Phi) is 4.45. The first-order valence-corrected chi connectivity index (χ1v) is 6.10. The summed E-state index contributed by atoms with van der Waals surface area (Å²) < 4.78 is 0. The molecule has 0 unspecified atom stereocenters. The fourth-order valence-corrected chi connectivity index (χ4v) is 2.24. The van der Waals surface area contributed by atoms with Gasteiger partial charge in [0.05, 0.1) is 0 Å². The smallest absolute Gasteiger partial charge is 0.186 e. The Bertz CT molecular complexity index is 234. The van der Waals surface area contributed by atoms with Crippen LogP contribution in [-0.4, -0.2) is 34.6 Å². The monoisotopic (exact) mass is 213 g/mol. The van der Waals surface area contributed by atoms with Crippen molar-refractivity contribution in [2.75, 3.05) is 12.3 Å². The quantitative estimate of drug-likeness (QED) is 0.532. The summed E-state index contributed by atoms with van der Waals surface area (Å²) in [5.74, 6) is 1.60. The molecule has 0 amide bonds. The van der Waals surface area contributed by atoms with E-state index in [1.165, 1.54) is 0 Å². The molecule has 0 aliphatic carbocycles. The minimum Gasteiger partial charge on any atom is -0.347 e. The number of hydrogen-bond acceptors (Lipinski definition) is 3. The van der Waals surface area contributed by atoms with Crippen LogP contribution < -0.4 is 0 Å². The zero-order valence-electron chi connectivity index (χ0n) is 9.40. The molecule has 1 heterocycles. The summed E-state index contributed by atoms with van der Waals surface area (Å²) >= 11 is 1.79. The van der Waals surface area contributed by atoms with E-state index in [1.807, 2.05) is 6.21 Å². The van der Waals surface area contributed by atoms with Crippen LogP contribution in [0.3, 0.4) is 0 Å². The minimum absolute atomic E-state index is 0.471. The van der Waals surface area contributed by atoms with Gasteiger partial charge in [-0.3, -0.25) is 0 Å². The van der Waals surface area contributed by atoms with Crippen LogP contribution in [0.5, 0.6) is 0 Å². The van der Waals surface area contributed by atoms with E-state index < -0.39 is 0 Å². The van der Waals surface area contributed by atoms with Crippen molar-refractivity contribution in [2.24, 2.45) is 16.1 Å². The topological polar surface area (TPSA) is 28.0 Å². The lowest BCUT2D eigenvalue weighted by atomic mass is 10.3. The van der Waals surface area contributed by atoms with Crippen molar-refractivity contribution in [2.45, 2.75) is 33.7 Å². The van der Waals surface area contributed by atoms with E-state index in [2.05, 4.69) is 42.8 Å². The van der Waals surface area contributed by atoms with Crippen LogP contribution in [0.2, 0.25) is 0 Å². The predicted molar refractivity (Wildman–Crippen MR) is 65.1 cm³/mol. The summed E-state index contributed by atoms with van der Waals surface area (Å²) in [7, 11) is 0. The van der Waals surface area contributed by atoms with E-state index in [1.54, 1.807) is 11.8 Å². The lowest BCUT2D eigenvalue weighted by Crippen LogP contribution is -2.31. The lowest BCUT2D eigenvalue weighted by Gasteiger charge is -2.21. The van der Waals surface area contributed by atoms with Crippen molar-refractivity contribution >= 4 is 23.1 Å². The van der Waals surface area contributed by atoms with Crippen molar-refractivity contribution in [3.63, 3.8) is 0 Å². The normalized spacial score (nSPS) is 21.0. The van der Waals surface area contributed by atoms with Crippen molar-refractivity contribution in [3.05, 3.63) is 0 Å². The molecule has 0 bridgehead atoms. The van der Waals surface area contributed by atoms with Gasteiger partial charge in [-0.1, -0.05) is 25.6 Å². The molecule has 14 heavy (non-hydrogen) atoms. The maximum absolute atomic E-state index is 4.24. The molecule has 1 aliphatic heterocycles. The molecule has 4 heteroatoms. The van der Waals surface area contributed by atoms with Gasteiger partial charge in [0.1, 0.15) is 0 Å². The average Bonchev–Trinajstić information content (AvgIpc) is 2.51.